The second-order valence-corrected chi connectivity index (χ2v) is 20.3. The van der Waals surface area contributed by atoms with Gasteiger partial charge in [0.05, 0.1) is 24.1 Å². The van der Waals surface area contributed by atoms with Crippen molar-refractivity contribution in [3.63, 3.8) is 0 Å². The van der Waals surface area contributed by atoms with E-state index >= 15 is 0 Å². The maximum atomic E-state index is 13.6. The van der Waals surface area contributed by atoms with Crippen LogP contribution in [-0.2, 0) is 19.1 Å². The fourth-order valence-electron chi connectivity index (χ4n) is 11.2. The van der Waals surface area contributed by atoms with Crippen molar-refractivity contribution in [1.29, 1.82) is 0 Å². The van der Waals surface area contributed by atoms with Gasteiger partial charge in [-0.25, -0.2) is 19.2 Å². The summed E-state index contributed by atoms with van der Waals surface area (Å²) in [4.78, 5) is 93.1. The van der Waals surface area contributed by atoms with Gasteiger partial charge in [-0.2, -0.15) is 5.10 Å². The van der Waals surface area contributed by atoms with E-state index in [1.807, 2.05) is 15.8 Å². The highest BCUT2D eigenvalue weighted by molar-refractivity contribution is 6.05. The number of anilines is 2. The van der Waals surface area contributed by atoms with Crippen LogP contribution in [0.3, 0.4) is 0 Å². The molecule has 18 nitrogen and oxygen atoms in total. The monoisotopic (exact) mass is 993 g/mol. The van der Waals surface area contributed by atoms with Crippen molar-refractivity contribution in [3.05, 3.63) is 126 Å². The summed E-state index contributed by atoms with van der Waals surface area (Å²) < 4.78 is 21.2. The number of nitrogens with one attached hydrogen (secondary N) is 3. The molecule has 6 heterocycles. The minimum atomic E-state index is -1.36. The first-order valence-corrected chi connectivity index (χ1v) is 25.3. The van der Waals surface area contributed by atoms with E-state index < -0.39 is 41.7 Å². The minimum absolute atomic E-state index is 0.0962. The number of likely N-dealkylation sites (tertiary alicyclic amines) is 3. The fraction of sp³-hybridized carbons (Fsp3) is 0.426. The van der Waals surface area contributed by atoms with Crippen molar-refractivity contribution in [3.8, 4) is 11.3 Å². The topological polar surface area (TPSA) is 227 Å². The predicted octanol–water partition coefficient (Wildman–Crippen LogP) is 5.57. The molecule has 1 saturated carbocycles. The SMILES string of the molecule is Nc1ncc(-c2cnn(C3CCN(C4CC5(CCN(CC6CCN(C(=O)c7cccc(C(=O)NC8CCC(=O)NC8=O)c7)CC6)CC5)C4)CC3)c2)nc1C(=O)O[C@@H](C(=O)Nc1ccc(F)cc1)c1ccccc1. The lowest BCUT2D eigenvalue weighted by atomic mass is 9.59. The number of ether oxygens (including phenoxy) is 1. The first kappa shape index (κ1) is 49.2. The van der Waals surface area contributed by atoms with Crippen molar-refractivity contribution >= 4 is 47.0 Å². The average Bonchev–Trinajstić information content (AvgIpc) is 3.90. The zero-order valence-electron chi connectivity index (χ0n) is 40.6. The standard InChI is InChI=1S/C54H60FN11O7/c55-39-9-11-40(12-10-39)59-51(70)47(35-5-2-1-3-6-35)73-53(72)46-48(56)57-31-44(60-46)38-30-58-66(33-38)41-17-23-64(24-18-41)42-28-54(29-42)19-25-63(26-20-54)32-34-15-21-65(22-16-34)52(71)37-8-4-7-36(27-37)49(68)61-43-13-14-45(67)62-50(43)69/h1-12,27,30-31,33-34,41-43,47H,13-26,28-29,32H2,(H2,56,57)(H,59,70)(H,61,68)(H,62,67,69)/t43?,47-/m1/s1. The van der Waals surface area contributed by atoms with Gasteiger partial charge < -0.3 is 35.8 Å². The van der Waals surface area contributed by atoms with Gasteiger partial charge in [0.2, 0.25) is 17.9 Å². The van der Waals surface area contributed by atoms with E-state index in [1.165, 1.54) is 56.1 Å². The highest BCUT2D eigenvalue weighted by Gasteiger charge is 2.48. The zero-order valence-corrected chi connectivity index (χ0v) is 40.6. The Labute approximate surface area is 422 Å². The van der Waals surface area contributed by atoms with Crippen LogP contribution in [-0.4, -0.2) is 128 Å². The molecule has 3 aromatic carbocycles. The third-order valence-electron chi connectivity index (χ3n) is 15.5. The van der Waals surface area contributed by atoms with Crippen LogP contribution in [0.15, 0.2) is 97.5 Å². The lowest BCUT2D eigenvalue weighted by Crippen LogP contribution is -2.56. The number of imide groups is 1. The van der Waals surface area contributed by atoms with Gasteiger partial charge in [0.15, 0.2) is 11.5 Å². The number of carbonyl (C=O) groups excluding carboxylic acids is 6. The highest BCUT2D eigenvalue weighted by Crippen LogP contribution is 2.51. The third-order valence-corrected chi connectivity index (χ3v) is 15.5. The van der Waals surface area contributed by atoms with Crippen LogP contribution in [0.2, 0.25) is 0 Å². The van der Waals surface area contributed by atoms with Gasteiger partial charge in [-0.3, -0.25) is 34.0 Å². The molecule has 19 heteroatoms. The Morgan fingerprint density at radius 2 is 1.56 bits per heavy atom. The van der Waals surface area contributed by atoms with Crippen LogP contribution in [0.5, 0.6) is 0 Å². The van der Waals surface area contributed by atoms with E-state index in [0.717, 1.165) is 58.4 Å². The molecular weight excluding hydrogens is 934 g/mol. The number of rotatable bonds is 13. The molecule has 10 rings (SSSR count). The molecule has 5 aliphatic rings. The number of hydrogen-bond acceptors (Lipinski definition) is 13. The lowest BCUT2D eigenvalue weighted by molar-refractivity contribution is -0.134. The number of nitrogens with two attached hydrogens (primary N) is 1. The summed E-state index contributed by atoms with van der Waals surface area (Å²) >= 11 is 0. The summed E-state index contributed by atoms with van der Waals surface area (Å²) in [5.41, 5.74) is 8.90. The summed E-state index contributed by atoms with van der Waals surface area (Å²) in [5.74, 6) is -3.04. The molecule has 2 atom stereocenters. The summed E-state index contributed by atoms with van der Waals surface area (Å²) in [6, 6.07) is 20.4. The predicted molar refractivity (Wildman–Crippen MR) is 267 cm³/mol. The number of amides is 5. The van der Waals surface area contributed by atoms with Gasteiger partial charge in [-0.1, -0.05) is 36.4 Å². The molecule has 5 N–H and O–H groups in total. The van der Waals surface area contributed by atoms with E-state index in [9.17, 15) is 33.2 Å². The molecule has 5 amide bonds. The Balaban J connectivity index is 0.653. The smallest absolute Gasteiger partial charge is 0.361 e. The number of esters is 1. The number of halogens is 1. The van der Waals surface area contributed by atoms with Gasteiger partial charge in [-0.05, 0) is 125 Å². The molecule has 0 radical (unpaired) electrons. The maximum Gasteiger partial charge on any atom is 0.361 e. The molecular formula is C54H60FN11O7. The van der Waals surface area contributed by atoms with Crippen molar-refractivity contribution in [2.45, 2.75) is 88.4 Å². The summed E-state index contributed by atoms with van der Waals surface area (Å²) in [6.07, 6.45) is 12.9. The van der Waals surface area contributed by atoms with E-state index in [-0.39, 0.29) is 42.2 Å². The molecule has 1 spiro atoms. The van der Waals surface area contributed by atoms with E-state index in [2.05, 4.69) is 35.7 Å². The Morgan fingerprint density at radius 1 is 0.836 bits per heavy atom. The van der Waals surface area contributed by atoms with Crippen LogP contribution >= 0.6 is 0 Å². The van der Waals surface area contributed by atoms with Crippen molar-refractivity contribution in [2.75, 3.05) is 56.9 Å². The number of nitrogens with zero attached hydrogens (tertiary/aromatic N) is 7. The van der Waals surface area contributed by atoms with Crippen LogP contribution < -0.4 is 21.7 Å². The third kappa shape index (κ3) is 11.3. The number of aromatic nitrogens is 4. The van der Waals surface area contributed by atoms with E-state index in [1.54, 1.807) is 60.8 Å². The van der Waals surface area contributed by atoms with Crippen LogP contribution in [0, 0.1) is 17.2 Å². The molecule has 2 aromatic heterocycles. The Bertz CT molecular complexity index is 2850. The summed E-state index contributed by atoms with van der Waals surface area (Å²) in [7, 11) is 0. The lowest BCUT2D eigenvalue weighted by Gasteiger charge is -2.56. The minimum Gasteiger partial charge on any atom is -0.442 e. The normalized spacial score (nSPS) is 20.5. The van der Waals surface area contributed by atoms with Crippen LogP contribution in [0.1, 0.15) is 113 Å². The average molecular weight is 994 g/mol. The largest absolute Gasteiger partial charge is 0.442 e. The molecule has 380 valence electrons. The Morgan fingerprint density at radius 3 is 2.29 bits per heavy atom. The van der Waals surface area contributed by atoms with Gasteiger partial charge in [0.25, 0.3) is 17.7 Å². The van der Waals surface area contributed by atoms with Crippen molar-refractivity contribution < 1.29 is 37.9 Å². The second kappa shape index (κ2) is 21.4. The Hall–Kier alpha value is -7.38. The van der Waals surface area contributed by atoms with Crippen molar-refractivity contribution in [2.24, 2.45) is 11.3 Å². The molecule has 0 bridgehead atoms. The number of carbonyl (C=O) groups is 6. The first-order valence-electron chi connectivity index (χ1n) is 25.3. The molecule has 1 aliphatic carbocycles. The quantitative estimate of drug-likeness (QED) is 0.0838. The van der Waals surface area contributed by atoms with Gasteiger partial charge in [0.1, 0.15) is 11.9 Å². The van der Waals surface area contributed by atoms with E-state index in [4.69, 9.17) is 15.6 Å². The number of hydrogen-bond donors (Lipinski definition) is 4. The molecule has 1 unspecified atom stereocenters. The zero-order chi connectivity index (χ0) is 50.6. The second-order valence-electron chi connectivity index (χ2n) is 20.3. The number of nitrogen functional groups attached to an aromatic ring is 1. The van der Waals surface area contributed by atoms with Gasteiger partial charge >= 0.3 is 5.97 Å². The van der Waals surface area contributed by atoms with Gasteiger partial charge in [0, 0.05) is 79.3 Å². The molecule has 5 aromatic rings. The summed E-state index contributed by atoms with van der Waals surface area (Å²) in [5, 5.41) is 12.3. The molecule has 4 saturated heterocycles. The van der Waals surface area contributed by atoms with E-state index in [0.29, 0.717) is 64.1 Å². The molecule has 73 heavy (non-hydrogen) atoms. The van der Waals surface area contributed by atoms with Crippen molar-refractivity contribution in [1.82, 2.24) is 45.1 Å². The molecule has 4 aliphatic heterocycles. The van der Waals surface area contributed by atoms with Gasteiger partial charge in [-0.15, -0.1) is 0 Å². The maximum absolute atomic E-state index is 13.6. The van der Waals surface area contributed by atoms with Crippen LogP contribution in [0.4, 0.5) is 15.9 Å². The molecule has 5 fully saturated rings. The van der Waals surface area contributed by atoms with Crippen LogP contribution in [0.25, 0.3) is 11.3 Å². The number of piperidine rings is 4. The highest BCUT2D eigenvalue weighted by atomic mass is 19.1. The number of benzene rings is 3. The fourth-order valence-corrected chi connectivity index (χ4v) is 11.2. The summed E-state index contributed by atoms with van der Waals surface area (Å²) in [6.45, 7) is 6.60. The first-order chi connectivity index (χ1) is 35.3. The Kier molecular flexibility index (Phi) is 14.4.